The van der Waals surface area contributed by atoms with Crippen LogP contribution in [0.25, 0.3) is 10.7 Å². The van der Waals surface area contributed by atoms with Crippen molar-refractivity contribution in [2.24, 2.45) is 0 Å². The first-order chi connectivity index (χ1) is 11.7. The van der Waals surface area contributed by atoms with Gasteiger partial charge in [0.15, 0.2) is 5.82 Å². The van der Waals surface area contributed by atoms with Gasteiger partial charge in [-0.1, -0.05) is 29.8 Å². The minimum Gasteiger partial charge on any atom is -0.294 e. The van der Waals surface area contributed by atoms with E-state index in [2.05, 4.69) is 59.4 Å². The fraction of sp³-hybridized carbons (Fsp3) is 0.300. The molecule has 0 unspecified atom stereocenters. The van der Waals surface area contributed by atoms with Gasteiger partial charge in [0.1, 0.15) is 0 Å². The van der Waals surface area contributed by atoms with Crippen LogP contribution < -0.4 is 0 Å². The molecule has 4 heteroatoms. The first kappa shape index (κ1) is 15.5. The largest absolute Gasteiger partial charge is 0.294 e. The smallest absolute Gasteiger partial charge is 0.169 e. The van der Waals surface area contributed by atoms with Crippen LogP contribution in [0.1, 0.15) is 27.9 Å². The van der Waals surface area contributed by atoms with E-state index in [0.29, 0.717) is 0 Å². The number of aryl methyl sites for hydroxylation is 2. The summed E-state index contributed by atoms with van der Waals surface area (Å²) in [4.78, 5) is 13.0. The summed E-state index contributed by atoms with van der Waals surface area (Å²) >= 11 is 1.70. The van der Waals surface area contributed by atoms with Crippen molar-refractivity contribution in [2.75, 3.05) is 6.54 Å². The van der Waals surface area contributed by atoms with Crippen LogP contribution in [0.2, 0.25) is 0 Å². The van der Waals surface area contributed by atoms with Crippen LogP contribution in [0.5, 0.6) is 0 Å². The first-order valence-electron chi connectivity index (χ1n) is 8.36. The van der Waals surface area contributed by atoms with Crippen molar-refractivity contribution in [3.05, 3.63) is 69.9 Å². The van der Waals surface area contributed by atoms with Crippen LogP contribution in [0.3, 0.4) is 0 Å². The van der Waals surface area contributed by atoms with Crippen LogP contribution in [-0.4, -0.2) is 21.4 Å². The number of hydrogen-bond acceptors (Lipinski definition) is 4. The molecule has 3 aromatic rings. The normalized spacial score (nSPS) is 14.6. The lowest BCUT2D eigenvalue weighted by Gasteiger charge is -2.28. The predicted molar refractivity (Wildman–Crippen MR) is 99.1 cm³/mol. The van der Waals surface area contributed by atoms with Crippen LogP contribution in [0.15, 0.2) is 41.9 Å². The highest BCUT2D eigenvalue weighted by molar-refractivity contribution is 7.13. The van der Waals surface area contributed by atoms with E-state index in [9.17, 15) is 0 Å². The van der Waals surface area contributed by atoms with E-state index in [4.69, 9.17) is 4.98 Å². The Kier molecular flexibility index (Phi) is 4.17. The third-order valence-corrected chi connectivity index (χ3v) is 5.51. The summed E-state index contributed by atoms with van der Waals surface area (Å²) in [6.45, 7) is 7.35. The Hall–Kier alpha value is -2.04. The molecule has 0 radical (unpaired) electrons. The zero-order valence-electron chi connectivity index (χ0n) is 14.1. The molecule has 0 N–H and O–H groups in total. The highest BCUT2D eigenvalue weighted by atomic mass is 32.1. The molecule has 0 bridgehead atoms. The van der Waals surface area contributed by atoms with E-state index < -0.39 is 0 Å². The zero-order chi connectivity index (χ0) is 16.5. The van der Waals surface area contributed by atoms with Crippen LogP contribution in [0, 0.1) is 13.8 Å². The van der Waals surface area contributed by atoms with E-state index in [1.807, 2.05) is 6.20 Å². The van der Waals surface area contributed by atoms with E-state index in [1.54, 1.807) is 11.3 Å². The van der Waals surface area contributed by atoms with Gasteiger partial charge in [0.2, 0.25) is 0 Å². The molecule has 2 aromatic heterocycles. The maximum atomic E-state index is 4.80. The Morgan fingerprint density at radius 1 is 1.21 bits per heavy atom. The molecule has 4 rings (SSSR count). The van der Waals surface area contributed by atoms with Crippen molar-refractivity contribution in [3.63, 3.8) is 0 Å². The van der Waals surface area contributed by atoms with E-state index >= 15 is 0 Å². The molecule has 1 aromatic carbocycles. The lowest BCUT2D eigenvalue weighted by Crippen LogP contribution is -2.31. The van der Waals surface area contributed by atoms with Crippen molar-refractivity contribution in [3.8, 4) is 10.7 Å². The Balaban J connectivity index is 1.52. The van der Waals surface area contributed by atoms with Gasteiger partial charge < -0.3 is 0 Å². The Morgan fingerprint density at radius 2 is 2.12 bits per heavy atom. The minimum absolute atomic E-state index is 0.867. The molecular weight excluding hydrogens is 314 g/mol. The molecule has 24 heavy (non-hydrogen) atoms. The van der Waals surface area contributed by atoms with Crippen molar-refractivity contribution >= 4 is 11.3 Å². The number of aromatic nitrogens is 2. The number of hydrogen-bond donors (Lipinski definition) is 0. The molecule has 1 aliphatic rings. The van der Waals surface area contributed by atoms with Gasteiger partial charge in [0.05, 0.1) is 10.6 Å². The number of fused-ring (bicyclic) bond motifs is 1. The number of nitrogens with zero attached hydrogens (tertiary/aromatic N) is 3. The quantitative estimate of drug-likeness (QED) is 0.711. The molecule has 1 aliphatic heterocycles. The fourth-order valence-electron chi connectivity index (χ4n) is 3.30. The van der Waals surface area contributed by atoms with Gasteiger partial charge in [-0.25, -0.2) is 9.97 Å². The fourth-order valence-corrected chi connectivity index (χ4v) is 3.96. The Labute approximate surface area is 147 Å². The minimum atomic E-state index is 0.867. The van der Waals surface area contributed by atoms with Gasteiger partial charge in [-0.15, -0.1) is 11.3 Å². The van der Waals surface area contributed by atoms with Crippen molar-refractivity contribution in [2.45, 2.75) is 33.4 Å². The summed E-state index contributed by atoms with van der Waals surface area (Å²) in [5.41, 5.74) is 6.61. The van der Waals surface area contributed by atoms with E-state index in [-0.39, 0.29) is 0 Å². The van der Waals surface area contributed by atoms with E-state index in [0.717, 1.165) is 36.8 Å². The maximum Gasteiger partial charge on any atom is 0.169 e. The molecule has 0 aliphatic carbocycles. The molecule has 3 nitrogen and oxygen atoms in total. The van der Waals surface area contributed by atoms with Crippen LogP contribution >= 0.6 is 11.3 Å². The summed E-state index contributed by atoms with van der Waals surface area (Å²) in [6, 6.07) is 10.9. The summed E-state index contributed by atoms with van der Waals surface area (Å²) in [5, 5.41) is 2.07. The topological polar surface area (TPSA) is 29.0 Å². The van der Waals surface area contributed by atoms with Gasteiger partial charge in [-0.05, 0) is 36.4 Å². The second-order valence-corrected chi connectivity index (χ2v) is 7.48. The third-order valence-electron chi connectivity index (χ3n) is 4.65. The SMILES string of the molecule is Cc1ccc(CN2CCc3nc(-c4cccs4)ncc3C2)c(C)c1. The summed E-state index contributed by atoms with van der Waals surface area (Å²) in [7, 11) is 0. The molecule has 3 heterocycles. The number of rotatable bonds is 3. The van der Waals surface area contributed by atoms with Crippen molar-refractivity contribution in [1.82, 2.24) is 14.9 Å². The first-order valence-corrected chi connectivity index (χ1v) is 9.24. The zero-order valence-corrected chi connectivity index (χ0v) is 14.9. The molecule has 0 fully saturated rings. The molecule has 0 amide bonds. The molecule has 0 saturated heterocycles. The second kappa shape index (κ2) is 6.46. The highest BCUT2D eigenvalue weighted by Crippen LogP contribution is 2.25. The average molecular weight is 335 g/mol. The monoisotopic (exact) mass is 335 g/mol. The predicted octanol–water partition coefficient (Wildman–Crippen LogP) is 4.38. The van der Waals surface area contributed by atoms with Gasteiger partial charge in [0, 0.05) is 37.8 Å². The molecule has 122 valence electrons. The molecule has 0 saturated carbocycles. The Bertz CT molecular complexity index is 855. The van der Waals surface area contributed by atoms with E-state index in [1.165, 1.54) is 27.9 Å². The second-order valence-electron chi connectivity index (χ2n) is 6.53. The van der Waals surface area contributed by atoms with Gasteiger partial charge in [-0.2, -0.15) is 0 Å². The Morgan fingerprint density at radius 3 is 2.92 bits per heavy atom. The third kappa shape index (κ3) is 3.12. The van der Waals surface area contributed by atoms with Gasteiger partial charge in [0.25, 0.3) is 0 Å². The highest BCUT2D eigenvalue weighted by Gasteiger charge is 2.19. The summed E-state index contributed by atoms with van der Waals surface area (Å²) in [6.07, 6.45) is 3.02. The van der Waals surface area contributed by atoms with Gasteiger partial charge in [-0.3, -0.25) is 4.90 Å². The number of thiophene rings is 1. The van der Waals surface area contributed by atoms with Crippen molar-refractivity contribution < 1.29 is 0 Å². The molecule has 0 atom stereocenters. The van der Waals surface area contributed by atoms with Crippen molar-refractivity contribution in [1.29, 1.82) is 0 Å². The molecule has 0 spiro atoms. The lowest BCUT2D eigenvalue weighted by atomic mass is 10.0. The van der Waals surface area contributed by atoms with Crippen LogP contribution in [0.4, 0.5) is 0 Å². The summed E-state index contributed by atoms with van der Waals surface area (Å²) < 4.78 is 0. The van der Waals surface area contributed by atoms with Gasteiger partial charge >= 0.3 is 0 Å². The summed E-state index contributed by atoms with van der Waals surface area (Å²) in [5.74, 6) is 0.867. The van der Waals surface area contributed by atoms with Crippen LogP contribution in [-0.2, 0) is 19.5 Å². The standard InChI is InChI=1S/C20H21N3S/c1-14-5-6-16(15(2)10-14)12-23-8-7-18-17(13-23)11-21-20(22-18)19-4-3-9-24-19/h3-6,9-11H,7-8,12-13H2,1-2H3. The average Bonchev–Trinajstić information content (AvgIpc) is 3.11. The molecular formula is C20H21N3S. The lowest BCUT2D eigenvalue weighted by molar-refractivity contribution is 0.242. The maximum absolute atomic E-state index is 4.80. The number of benzene rings is 1.